The molecule has 2 N–H and O–H groups in total. The summed E-state index contributed by atoms with van der Waals surface area (Å²) in [6.45, 7) is 4.95. The quantitative estimate of drug-likeness (QED) is 0.774. The van der Waals surface area contributed by atoms with Gasteiger partial charge in [0.15, 0.2) is 0 Å². The number of benzene rings is 1. The SMILES string of the molecule is CC(C)(CCCO)CNC(=O)c1cc(Br)cc(Br)c1. The lowest BCUT2D eigenvalue weighted by molar-refractivity contribution is 0.0933. The van der Waals surface area contributed by atoms with Crippen LogP contribution < -0.4 is 5.32 Å². The molecule has 1 rings (SSSR count). The van der Waals surface area contributed by atoms with E-state index >= 15 is 0 Å². The maximum atomic E-state index is 12.1. The minimum Gasteiger partial charge on any atom is -0.396 e. The van der Waals surface area contributed by atoms with E-state index in [1.165, 1.54) is 0 Å². The molecule has 3 nitrogen and oxygen atoms in total. The van der Waals surface area contributed by atoms with Gasteiger partial charge in [-0.1, -0.05) is 45.7 Å². The van der Waals surface area contributed by atoms with E-state index < -0.39 is 0 Å². The summed E-state index contributed by atoms with van der Waals surface area (Å²) in [5, 5.41) is 11.8. The van der Waals surface area contributed by atoms with Crippen molar-refractivity contribution >= 4 is 37.8 Å². The van der Waals surface area contributed by atoms with Crippen molar-refractivity contribution < 1.29 is 9.90 Å². The molecule has 1 aromatic carbocycles. The van der Waals surface area contributed by atoms with E-state index in [-0.39, 0.29) is 17.9 Å². The summed E-state index contributed by atoms with van der Waals surface area (Å²) in [5.41, 5.74) is 0.612. The van der Waals surface area contributed by atoms with Crippen molar-refractivity contribution in [3.63, 3.8) is 0 Å². The van der Waals surface area contributed by atoms with E-state index in [2.05, 4.69) is 51.0 Å². The van der Waals surface area contributed by atoms with Crippen LogP contribution in [0.5, 0.6) is 0 Å². The second kappa shape index (κ2) is 7.41. The Balaban J connectivity index is 2.60. The van der Waals surface area contributed by atoms with Crippen LogP contribution in [0.15, 0.2) is 27.1 Å². The Morgan fingerprint density at radius 2 is 1.84 bits per heavy atom. The summed E-state index contributed by atoms with van der Waals surface area (Å²) in [4.78, 5) is 12.1. The first-order valence-corrected chi connectivity index (χ1v) is 7.78. The monoisotopic (exact) mass is 391 g/mol. The maximum absolute atomic E-state index is 12.1. The van der Waals surface area contributed by atoms with E-state index in [9.17, 15) is 4.79 Å². The van der Waals surface area contributed by atoms with Crippen molar-refractivity contribution in [2.75, 3.05) is 13.2 Å². The van der Waals surface area contributed by atoms with Crippen LogP contribution in [0, 0.1) is 5.41 Å². The number of aliphatic hydroxyl groups is 1. The third-order valence-corrected chi connectivity index (χ3v) is 3.78. The molecule has 0 atom stereocenters. The fourth-order valence-corrected chi connectivity index (χ4v) is 3.05. The molecule has 0 saturated heterocycles. The second-order valence-electron chi connectivity index (χ2n) is 5.33. The molecule has 1 aromatic rings. The molecule has 5 heteroatoms. The van der Waals surface area contributed by atoms with Crippen LogP contribution in [-0.2, 0) is 0 Å². The van der Waals surface area contributed by atoms with Gasteiger partial charge in [-0.05, 0) is 36.5 Å². The zero-order chi connectivity index (χ0) is 14.5. The molecule has 0 aliphatic carbocycles. The van der Waals surface area contributed by atoms with Crippen molar-refractivity contribution in [3.05, 3.63) is 32.7 Å². The lowest BCUT2D eigenvalue weighted by Gasteiger charge is -2.24. The Morgan fingerprint density at radius 3 is 2.37 bits per heavy atom. The standard InChI is InChI=1S/C14H19Br2NO2/c1-14(2,4-3-5-18)9-17-13(19)10-6-11(15)8-12(16)7-10/h6-8,18H,3-5,9H2,1-2H3,(H,17,19). The fourth-order valence-electron chi connectivity index (χ4n) is 1.75. The van der Waals surface area contributed by atoms with Crippen LogP contribution in [-0.4, -0.2) is 24.2 Å². The van der Waals surface area contributed by atoms with Crippen molar-refractivity contribution in [3.8, 4) is 0 Å². The topological polar surface area (TPSA) is 49.3 Å². The Morgan fingerprint density at radius 1 is 1.26 bits per heavy atom. The minimum atomic E-state index is -0.0842. The Labute approximate surface area is 131 Å². The minimum absolute atomic E-state index is 0.0123. The first kappa shape index (κ1) is 16.7. The van der Waals surface area contributed by atoms with Gasteiger partial charge < -0.3 is 10.4 Å². The van der Waals surface area contributed by atoms with Gasteiger partial charge in [0.2, 0.25) is 0 Å². The first-order valence-electron chi connectivity index (χ1n) is 6.19. The highest BCUT2D eigenvalue weighted by molar-refractivity contribution is 9.11. The van der Waals surface area contributed by atoms with Crippen LogP contribution in [0.2, 0.25) is 0 Å². The Hall–Kier alpha value is -0.390. The fraction of sp³-hybridized carbons (Fsp3) is 0.500. The van der Waals surface area contributed by atoms with Gasteiger partial charge in [0.1, 0.15) is 0 Å². The summed E-state index contributed by atoms with van der Waals surface area (Å²) in [6, 6.07) is 5.48. The number of nitrogens with one attached hydrogen (secondary N) is 1. The number of hydrogen-bond acceptors (Lipinski definition) is 2. The van der Waals surface area contributed by atoms with Crippen LogP contribution in [0.25, 0.3) is 0 Å². The van der Waals surface area contributed by atoms with Crippen LogP contribution in [0.3, 0.4) is 0 Å². The van der Waals surface area contributed by atoms with Gasteiger partial charge in [0, 0.05) is 27.7 Å². The highest BCUT2D eigenvalue weighted by Gasteiger charge is 2.19. The molecule has 0 heterocycles. The van der Waals surface area contributed by atoms with Gasteiger partial charge in [0.25, 0.3) is 5.91 Å². The lowest BCUT2D eigenvalue weighted by atomic mass is 9.88. The predicted octanol–water partition coefficient (Wildman–Crippen LogP) is 3.74. The zero-order valence-electron chi connectivity index (χ0n) is 11.2. The van der Waals surface area contributed by atoms with Gasteiger partial charge in [0.05, 0.1) is 0 Å². The Bertz CT molecular complexity index is 427. The number of rotatable bonds is 6. The van der Waals surface area contributed by atoms with Gasteiger partial charge >= 0.3 is 0 Å². The largest absolute Gasteiger partial charge is 0.396 e. The summed E-state index contributed by atoms with van der Waals surface area (Å²) in [6.07, 6.45) is 1.64. The molecule has 0 aliphatic heterocycles. The third kappa shape index (κ3) is 6.06. The van der Waals surface area contributed by atoms with Crippen molar-refractivity contribution in [1.82, 2.24) is 5.32 Å². The summed E-state index contributed by atoms with van der Waals surface area (Å²) in [5.74, 6) is -0.0842. The second-order valence-corrected chi connectivity index (χ2v) is 7.16. The maximum Gasteiger partial charge on any atom is 0.251 e. The molecule has 0 unspecified atom stereocenters. The van der Waals surface area contributed by atoms with Gasteiger partial charge in [-0.2, -0.15) is 0 Å². The molecular formula is C14H19Br2NO2. The van der Waals surface area contributed by atoms with Crippen LogP contribution in [0.4, 0.5) is 0 Å². The van der Waals surface area contributed by atoms with E-state index in [0.717, 1.165) is 21.8 Å². The number of carbonyl (C=O) groups excluding carboxylic acids is 1. The average molecular weight is 393 g/mol. The number of carbonyl (C=O) groups is 1. The lowest BCUT2D eigenvalue weighted by Crippen LogP contribution is -2.34. The molecule has 0 radical (unpaired) electrons. The Kier molecular flexibility index (Phi) is 6.50. The molecule has 0 aromatic heterocycles. The molecule has 106 valence electrons. The van der Waals surface area contributed by atoms with E-state index in [4.69, 9.17) is 5.11 Å². The molecular weight excluding hydrogens is 374 g/mol. The molecule has 19 heavy (non-hydrogen) atoms. The highest BCUT2D eigenvalue weighted by Crippen LogP contribution is 2.22. The molecule has 0 bridgehead atoms. The van der Waals surface area contributed by atoms with Crippen molar-refractivity contribution in [2.24, 2.45) is 5.41 Å². The van der Waals surface area contributed by atoms with Crippen LogP contribution in [0.1, 0.15) is 37.0 Å². The van der Waals surface area contributed by atoms with E-state index in [1.54, 1.807) is 12.1 Å². The first-order chi connectivity index (χ1) is 8.84. The molecule has 0 fully saturated rings. The molecule has 0 saturated carbocycles. The summed E-state index contributed by atoms with van der Waals surface area (Å²) in [7, 11) is 0. The zero-order valence-corrected chi connectivity index (χ0v) is 14.3. The highest BCUT2D eigenvalue weighted by atomic mass is 79.9. The van der Waals surface area contributed by atoms with E-state index in [0.29, 0.717) is 12.1 Å². The number of amides is 1. The van der Waals surface area contributed by atoms with E-state index in [1.807, 2.05) is 6.07 Å². The normalized spacial score (nSPS) is 11.4. The summed E-state index contributed by atoms with van der Waals surface area (Å²) >= 11 is 6.74. The van der Waals surface area contributed by atoms with Crippen molar-refractivity contribution in [1.29, 1.82) is 0 Å². The molecule has 0 aliphatic rings. The smallest absolute Gasteiger partial charge is 0.251 e. The van der Waals surface area contributed by atoms with Gasteiger partial charge in [-0.25, -0.2) is 0 Å². The predicted molar refractivity (Wildman–Crippen MR) is 84.3 cm³/mol. The van der Waals surface area contributed by atoms with Gasteiger partial charge in [-0.15, -0.1) is 0 Å². The molecule has 0 spiro atoms. The number of aliphatic hydroxyl groups excluding tert-OH is 1. The molecule has 1 amide bonds. The average Bonchev–Trinajstić information content (AvgIpc) is 2.32. The third-order valence-electron chi connectivity index (χ3n) is 2.86. The summed E-state index contributed by atoms with van der Waals surface area (Å²) < 4.78 is 1.73. The van der Waals surface area contributed by atoms with Gasteiger partial charge in [-0.3, -0.25) is 4.79 Å². The number of hydrogen-bond donors (Lipinski definition) is 2. The number of halogens is 2. The van der Waals surface area contributed by atoms with Crippen LogP contribution >= 0.6 is 31.9 Å². The van der Waals surface area contributed by atoms with Crippen molar-refractivity contribution in [2.45, 2.75) is 26.7 Å².